The summed E-state index contributed by atoms with van der Waals surface area (Å²) in [5, 5.41) is 8.65. The summed E-state index contributed by atoms with van der Waals surface area (Å²) >= 11 is 0. The van der Waals surface area contributed by atoms with Gasteiger partial charge in [-0.15, -0.1) is 0 Å². The number of nitrogens with two attached hydrogens (primary N) is 1. The van der Waals surface area contributed by atoms with Gasteiger partial charge < -0.3 is 15.6 Å². The van der Waals surface area contributed by atoms with Crippen molar-refractivity contribution in [3.05, 3.63) is 29.8 Å². The third kappa shape index (κ3) is 3.64. The molecule has 0 aromatic heterocycles. The molecule has 1 aromatic carbocycles. The second-order valence-electron chi connectivity index (χ2n) is 3.25. The van der Waals surface area contributed by atoms with E-state index in [0.29, 0.717) is 12.2 Å². The normalized spacial score (nSPS) is 11.1. The van der Waals surface area contributed by atoms with Crippen molar-refractivity contribution in [1.82, 2.24) is 0 Å². The van der Waals surface area contributed by atoms with E-state index in [1.54, 1.807) is 31.2 Å². The second-order valence-corrected chi connectivity index (χ2v) is 3.25. The van der Waals surface area contributed by atoms with Gasteiger partial charge in [0.1, 0.15) is 17.9 Å². The van der Waals surface area contributed by atoms with E-state index in [1.165, 1.54) is 0 Å². The summed E-state index contributed by atoms with van der Waals surface area (Å²) in [7, 11) is 0. The van der Waals surface area contributed by atoms with E-state index in [-0.39, 0.29) is 0 Å². The van der Waals surface area contributed by atoms with Crippen LogP contribution in [0.25, 0.3) is 0 Å². The van der Waals surface area contributed by atoms with E-state index in [1.807, 2.05) is 0 Å². The fourth-order valence-electron chi connectivity index (χ4n) is 1.14. The van der Waals surface area contributed by atoms with E-state index in [0.717, 1.165) is 5.56 Å². The topological polar surface area (TPSA) is 72.5 Å². The van der Waals surface area contributed by atoms with Crippen molar-refractivity contribution >= 4 is 5.97 Å². The standard InChI is InChI=1S/C12H13NO3/c1-2-7-16-10-5-3-9(4-6-10)8-11(13)12(14)15/h3-6,11H,8,13H2,1H3,(H,14,15). The van der Waals surface area contributed by atoms with Crippen LogP contribution in [0.2, 0.25) is 0 Å². The van der Waals surface area contributed by atoms with Crippen molar-refractivity contribution in [3.8, 4) is 17.8 Å². The maximum absolute atomic E-state index is 10.5. The number of hydrogen-bond donors (Lipinski definition) is 2. The Morgan fingerprint density at radius 1 is 1.50 bits per heavy atom. The van der Waals surface area contributed by atoms with Crippen LogP contribution in [-0.2, 0) is 11.2 Å². The van der Waals surface area contributed by atoms with Gasteiger partial charge in [-0.2, -0.15) is 0 Å². The third-order valence-electron chi connectivity index (χ3n) is 1.97. The molecule has 1 unspecified atom stereocenters. The Kier molecular flexibility index (Phi) is 4.37. The first-order valence-electron chi connectivity index (χ1n) is 4.79. The van der Waals surface area contributed by atoms with Crippen LogP contribution in [-0.4, -0.2) is 17.1 Å². The molecule has 3 N–H and O–H groups in total. The van der Waals surface area contributed by atoms with Gasteiger partial charge in [-0.25, -0.2) is 0 Å². The fraction of sp³-hybridized carbons (Fsp3) is 0.250. The minimum atomic E-state index is -1.00. The van der Waals surface area contributed by atoms with E-state index >= 15 is 0 Å². The summed E-state index contributed by atoms with van der Waals surface area (Å²) in [6.07, 6.45) is 2.77. The molecule has 16 heavy (non-hydrogen) atoms. The molecule has 0 saturated heterocycles. The molecule has 0 radical (unpaired) electrons. The number of aliphatic carboxylic acids is 1. The average Bonchev–Trinajstić information content (AvgIpc) is 2.28. The highest BCUT2D eigenvalue weighted by atomic mass is 16.5. The molecule has 0 aliphatic rings. The number of benzene rings is 1. The van der Waals surface area contributed by atoms with Crippen LogP contribution in [0.5, 0.6) is 5.75 Å². The Labute approximate surface area is 94.0 Å². The maximum atomic E-state index is 10.5. The van der Waals surface area contributed by atoms with Crippen molar-refractivity contribution in [1.29, 1.82) is 0 Å². The van der Waals surface area contributed by atoms with Gasteiger partial charge in [0, 0.05) is 6.92 Å². The Bertz CT molecular complexity index is 414. The van der Waals surface area contributed by atoms with Crippen LogP contribution < -0.4 is 10.5 Å². The predicted molar refractivity (Wildman–Crippen MR) is 59.8 cm³/mol. The lowest BCUT2D eigenvalue weighted by Gasteiger charge is -2.06. The van der Waals surface area contributed by atoms with Gasteiger partial charge in [0.05, 0.1) is 0 Å². The molecule has 1 atom stereocenters. The number of hydrogen-bond acceptors (Lipinski definition) is 3. The maximum Gasteiger partial charge on any atom is 0.320 e. The number of carboxylic acids is 1. The first-order valence-corrected chi connectivity index (χ1v) is 4.79. The molecule has 0 amide bonds. The summed E-state index contributed by atoms with van der Waals surface area (Å²) < 4.78 is 5.05. The molecule has 0 aliphatic heterocycles. The van der Waals surface area contributed by atoms with Crippen molar-refractivity contribution in [2.75, 3.05) is 0 Å². The first-order chi connectivity index (χ1) is 7.63. The SMILES string of the molecule is CC#COc1ccc(CC(N)C(=O)O)cc1. The molecule has 0 aliphatic carbocycles. The molecule has 4 nitrogen and oxygen atoms in total. The largest absolute Gasteiger partial charge is 0.480 e. The Balaban J connectivity index is 2.63. The lowest BCUT2D eigenvalue weighted by Crippen LogP contribution is -2.32. The number of rotatable bonds is 4. The van der Waals surface area contributed by atoms with Gasteiger partial charge in [-0.1, -0.05) is 18.1 Å². The smallest absolute Gasteiger partial charge is 0.320 e. The van der Waals surface area contributed by atoms with Crippen molar-refractivity contribution in [3.63, 3.8) is 0 Å². The molecule has 0 bridgehead atoms. The van der Waals surface area contributed by atoms with Crippen LogP contribution in [0.1, 0.15) is 12.5 Å². The quantitative estimate of drug-likeness (QED) is 0.741. The zero-order chi connectivity index (χ0) is 12.0. The highest BCUT2D eigenvalue weighted by molar-refractivity contribution is 5.73. The summed E-state index contributed by atoms with van der Waals surface area (Å²) in [6, 6.07) is 6.13. The van der Waals surface area contributed by atoms with E-state index in [9.17, 15) is 4.79 Å². The van der Waals surface area contributed by atoms with E-state index < -0.39 is 12.0 Å². The molecule has 0 heterocycles. The van der Waals surface area contributed by atoms with E-state index in [2.05, 4.69) is 12.0 Å². The summed E-state index contributed by atoms with van der Waals surface area (Å²) in [4.78, 5) is 10.5. The first kappa shape index (κ1) is 12.1. The summed E-state index contributed by atoms with van der Waals surface area (Å²) in [6.45, 7) is 1.68. The zero-order valence-corrected chi connectivity index (χ0v) is 8.93. The van der Waals surface area contributed by atoms with Crippen LogP contribution in [0.4, 0.5) is 0 Å². The fourth-order valence-corrected chi connectivity index (χ4v) is 1.14. The minimum Gasteiger partial charge on any atom is -0.480 e. The van der Waals surface area contributed by atoms with Gasteiger partial charge in [-0.05, 0) is 24.1 Å². The molecule has 84 valence electrons. The molecule has 1 rings (SSSR count). The summed E-state index contributed by atoms with van der Waals surface area (Å²) in [5.74, 6) is 2.23. The Hall–Kier alpha value is -1.99. The van der Waals surface area contributed by atoms with E-state index in [4.69, 9.17) is 15.6 Å². The molecular weight excluding hydrogens is 206 g/mol. The Morgan fingerprint density at radius 2 is 2.12 bits per heavy atom. The van der Waals surface area contributed by atoms with Crippen molar-refractivity contribution in [2.45, 2.75) is 19.4 Å². The monoisotopic (exact) mass is 219 g/mol. The van der Waals surface area contributed by atoms with Gasteiger partial charge in [0.15, 0.2) is 0 Å². The highest BCUT2D eigenvalue weighted by Crippen LogP contribution is 2.12. The molecule has 1 aromatic rings. The molecular formula is C12H13NO3. The number of carbonyl (C=O) groups is 1. The average molecular weight is 219 g/mol. The molecule has 4 heteroatoms. The highest BCUT2D eigenvalue weighted by Gasteiger charge is 2.11. The van der Waals surface area contributed by atoms with Crippen LogP contribution in [0.15, 0.2) is 24.3 Å². The van der Waals surface area contributed by atoms with Gasteiger partial charge in [-0.3, -0.25) is 4.79 Å². The van der Waals surface area contributed by atoms with Crippen LogP contribution in [0.3, 0.4) is 0 Å². The predicted octanol–water partition coefficient (Wildman–Crippen LogP) is 1.00. The van der Waals surface area contributed by atoms with Crippen molar-refractivity contribution < 1.29 is 14.6 Å². The minimum absolute atomic E-state index is 0.301. The lowest BCUT2D eigenvalue weighted by atomic mass is 10.1. The van der Waals surface area contributed by atoms with Crippen LogP contribution >= 0.6 is 0 Å². The number of ether oxygens (including phenoxy) is 1. The number of carboxylic acid groups (broad SMARTS) is 1. The lowest BCUT2D eigenvalue weighted by molar-refractivity contribution is -0.138. The molecule has 0 saturated carbocycles. The van der Waals surface area contributed by atoms with Gasteiger partial charge in [0.2, 0.25) is 0 Å². The summed E-state index contributed by atoms with van der Waals surface area (Å²) in [5.41, 5.74) is 6.27. The van der Waals surface area contributed by atoms with Gasteiger partial charge >= 0.3 is 5.97 Å². The van der Waals surface area contributed by atoms with Gasteiger partial charge in [0.25, 0.3) is 0 Å². The second kappa shape index (κ2) is 5.79. The third-order valence-corrected chi connectivity index (χ3v) is 1.97. The molecule has 0 spiro atoms. The Morgan fingerprint density at radius 3 is 2.62 bits per heavy atom. The van der Waals surface area contributed by atoms with Crippen LogP contribution in [0, 0.1) is 12.0 Å². The zero-order valence-electron chi connectivity index (χ0n) is 8.93. The molecule has 0 fully saturated rings. The van der Waals surface area contributed by atoms with Crippen molar-refractivity contribution in [2.24, 2.45) is 5.73 Å².